The minimum Gasteiger partial charge on any atom is -0.482 e. The molecule has 0 saturated carbocycles. The van der Waals surface area contributed by atoms with Gasteiger partial charge in [-0.25, -0.2) is 19.4 Å². The van der Waals surface area contributed by atoms with E-state index in [9.17, 15) is 9.59 Å². The highest BCUT2D eigenvalue weighted by atomic mass is 17.2. The Morgan fingerprint density at radius 1 is 0.815 bits per heavy atom. The maximum absolute atomic E-state index is 11.5. The van der Waals surface area contributed by atoms with Crippen LogP contribution in [-0.4, -0.2) is 54.8 Å². The van der Waals surface area contributed by atoms with Crippen molar-refractivity contribution < 1.29 is 43.9 Å². The molecule has 9 nitrogen and oxygen atoms in total. The number of rotatable bonds is 8. The maximum atomic E-state index is 11.5. The van der Waals surface area contributed by atoms with Crippen LogP contribution in [0.2, 0.25) is 0 Å². The molecular weight excluding hydrogens is 358 g/mol. The van der Waals surface area contributed by atoms with Crippen molar-refractivity contribution in [1.29, 1.82) is 0 Å². The molecule has 0 spiro atoms. The summed E-state index contributed by atoms with van der Waals surface area (Å²) >= 11 is 0. The molecule has 0 aliphatic carbocycles. The van der Waals surface area contributed by atoms with Crippen LogP contribution in [-0.2, 0) is 19.4 Å². The molecule has 3 N–H and O–H groups in total. The lowest BCUT2D eigenvalue weighted by Gasteiger charge is -2.07. The summed E-state index contributed by atoms with van der Waals surface area (Å²) in [5.41, 5.74) is 0.837. The standard InChI is InChI=1S/C16H15B2O9/c19-15(9-24-13-5-1-11(17-21)2-6-13)26-27-16(20)10-25-14-7-3-12(4-8-14)18(22)23/h1-8,21-23H,9-10H2. The fraction of sp³-hybridized carbons (Fsp3) is 0.125. The lowest BCUT2D eigenvalue weighted by Crippen LogP contribution is -2.29. The van der Waals surface area contributed by atoms with Gasteiger partial charge in [0.15, 0.2) is 13.2 Å². The first-order valence-corrected chi connectivity index (χ1v) is 7.67. The number of hydrogen-bond acceptors (Lipinski definition) is 9. The summed E-state index contributed by atoms with van der Waals surface area (Å²) in [5.74, 6) is -1.22. The summed E-state index contributed by atoms with van der Waals surface area (Å²) in [6.45, 7) is -1.00. The fourth-order valence-corrected chi connectivity index (χ4v) is 1.81. The minimum atomic E-state index is -1.60. The molecule has 0 atom stereocenters. The summed E-state index contributed by atoms with van der Waals surface area (Å²) in [7, 11) is -0.680. The van der Waals surface area contributed by atoms with Gasteiger partial charge in [0.25, 0.3) is 0 Å². The predicted molar refractivity (Wildman–Crippen MR) is 93.5 cm³/mol. The van der Waals surface area contributed by atoms with Crippen LogP contribution in [0.3, 0.4) is 0 Å². The van der Waals surface area contributed by atoms with Gasteiger partial charge in [-0.2, -0.15) is 0 Å². The largest absolute Gasteiger partial charge is 0.488 e. The van der Waals surface area contributed by atoms with Gasteiger partial charge in [-0.05, 0) is 29.7 Å². The Morgan fingerprint density at radius 2 is 1.26 bits per heavy atom. The summed E-state index contributed by atoms with van der Waals surface area (Å²) < 4.78 is 10.2. The van der Waals surface area contributed by atoms with Crippen molar-refractivity contribution in [3.8, 4) is 11.5 Å². The van der Waals surface area contributed by atoms with Crippen molar-refractivity contribution in [3.05, 3.63) is 48.5 Å². The van der Waals surface area contributed by atoms with E-state index in [0.717, 1.165) is 7.48 Å². The normalized spacial score (nSPS) is 9.89. The predicted octanol–water partition coefficient (Wildman–Crippen LogP) is -1.94. The Morgan fingerprint density at radius 3 is 1.67 bits per heavy atom. The molecule has 0 heterocycles. The van der Waals surface area contributed by atoms with Crippen molar-refractivity contribution in [3.63, 3.8) is 0 Å². The zero-order valence-corrected chi connectivity index (χ0v) is 14.0. The van der Waals surface area contributed by atoms with E-state index in [4.69, 9.17) is 24.5 Å². The number of carbonyl (C=O) groups is 2. The zero-order valence-electron chi connectivity index (χ0n) is 14.0. The van der Waals surface area contributed by atoms with Gasteiger partial charge in [0.05, 0.1) is 0 Å². The van der Waals surface area contributed by atoms with Crippen LogP contribution in [0.1, 0.15) is 0 Å². The number of hydrogen-bond donors (Lipinski definition) is 3. The number of benzene rings is 2. The Bertz CT molecular complexity index is 747. The molecule has 0 aliphatic rings. The quantitative estimate of drug-likeness (QED) is 0.275. The van der Waals surface area contributed by atoms with Gasteiger partial charge in [0.2, 0.25) is 0 Å². The van der Waals surface area contributed by atoms with Crippen LogP contribution in [0.5, 0.6) is 11.5 Å². The van der Waals surface area contributed by atoms with Crippen LogP contribution < -0.4 is 20.4 Å². The Kier molecular flexibility index (Phi) is 7.68. The molecule has 0 aromatic heterocycles. The average Bonchev–Trinajstić information content (AvgIpc) is 2.69. The molecule has 0 amide bonds. The van der Waals surface area contributed by atoms with Crippen molar-refractivity contribution in [2.75, 3.05) is 13.2 Å². The Hall–Kier alpha value is -3.01. The van der Waals surface area contributed by atoms with Crippen LogP contribution in [0.4, 0.5) is 0 Å². The van der Waals surface area contributed by atoms with Crippen LogP contribution >= 0.6 is 0 Å². The van der Waals surface area contributed by atoms with Gasteiger partial charge in [0.1, 0.15) is 11.5 Å². The highest BCUT2D eigenvalue weighted by Crippen LogP contribution is 2.08. The lowest BCUT2D eigenvalue weighted by molar-refractivity contribution is -0.261. The second-order valence-electron chi connectivity index (χ2n) is 5.13. The average molecular weight is 373 g/mol. The van der Waals surface area contributed by atoms with E-state index in [1.165, 1.54) is 36.4 Å². The first-order valence-electron chi connectivity index (χ1n) is 7.67. The molecule has 0 bridgehead atoms. The van der Waals surface area contributed by atoms with E-state index in [0.29, 0.717) is 11.2 Å². The van der Waals surface area contributed by atoms with E-state index in [1.807, 2.05) is 0 Å². The molecule has 1 radical (unpaired) electrons. The van der Waals surface area contributed by atoms with E-state index in [2.05, 4.69) is 9.78 Å². The third-order valence-electron chi connectivity index (χ3n) is 3.15. The van der Waals surface area contributed by atoms with Gasteiger partial charge in [-0.1, -0.05) is 29.7 Å². The van der Waals surface area contributed by atoms with Gasteiger partial charge in [-0.3, -0.25) is 0 Å². The molecule has 0 saturated heterocycles. The summed E-state index contributed by atoms with van der Waals surface area (Å²) in [4.78, 5) is 31.5. The van der Waals surface area contributed by atoms with Crippen LogP contribution in [0.25, 0.3) is 0 Å². The molecule has 0 fully saturated rings. The van der Waals surface area contributed by atoms with Crippen molar-refractivity contribution >= 4 is 37.5 Å². The molecule has 2 aromatic carbocycles. The van der Waals surface area contributed by atoms with Crippen LogP contribution in [0, 0.1) is 0 Å². The first-order chi connectivity index (χ1) is 13.0. The zero-order chi connectivity index (χ0) is 19.6. The third kappa shape index (κ3) is 7.02. The van der Waals surface area contributed by atoms with Crippen molar-refractivity contribution in [2.24, 2.45) is 0 Å². The molecular formula is C16H15B2O9. The van der Waals surface area contributed by atoms with Crippen molar-refractivity contribution in [1.82, 2.24) is 0 Å². The highest BCUT2D eigenvalue weighted by Gasteiger charge is 2.13. The van der Waals surface area contributed by atoms with Crippen LogP contribution in [0.15, 0.2) is 48.5 Å². The molecule has 2 rings (SSSR count). The molecule has 11 heteroatoms. The van der Waals surface area contributed by atoms with E-state index in [1.54, 1.807) is 12.1 Å². The summed E-state index contributed by atoms with van der Waals surface area (Å²) in [5, 5.41) is 26.7. The van der Waals surface area contributed by atoms with Gasteiger partial charge in [0, 0.05) is 0 Å². The molecule has 2 aromatic rings. The third-order valence-corrected chi connectivity index (χ3v) is 3.15. The SMILES string of the molecule is O=C(COc1ccc([B]O)cc1)OOC(=O)COc1ccc(B(O)O)cc1. The minimum absolute atomic E-state index is 0.267. The number of carbonyl (C=O) groups excluding carboxylic acids is 2. The number of ether oxygens (including phenoxy) is 2. The summed E-state index contributed by atoms with van der Waals surface area (Å²) in [6.07, 6.45) is 0. The van der Waals surface area contributed by atoms with Gasteiger partial charge in [-0.15, -0.1) is 0 Å². The Labute approximate surface area is 155 Å². The highest BCUT2D eigenvalue weighted by molar-refractivity contribution is 6.58. The first kappa shape index (κ1) is 20.3. The molecule has 0 aliphatic heterocycles. The lowest BCUT2D eigenvalue weighted by atomic mass is 9.80. The smallest absolute Gasteiger partial charge is 0.482 e. The van der Waals surface area contributed by atoms with Gasteiger partial charge >= 0.3 is 26.5 Å². The van der Waals surface area contributed by atoms with Crippen molar-refractivity contribution in [2.45, 2.75) is 0 Å². The topological polar surface area (TPSA) is 132 Å². The van der Waals surface area contributed by atoms with E-state index < -0.39 is 32.3 Å². The summed E-state index contributed by atoms with van der Waals surface area (Å²) in [6, 6.07) is 11.9. The molecule has 27 heavy (non-hydrogen) atoms. The monoisotopic (exact) mass is 373 g/mol. The fourth-order valence-electron chi connectivity index (χ4n) is 1.81. The second kappa shape index (κ2) is 10.2. The second-order valence-corrected chi connectivity index (χ2v) is 5.13. The van der Waals surface area contributed by atoms with E-state index in [-0.39, 0.29) is 11.2 Å². The molecule has 0 unspecified atom stereocenters. The van der Waals surface area contributed by atoms with Gasteiger partial charge < -0.3 is 24.5 Å². The maximum Gasteiger partial charge on any atom is 0.488 e. The molecule has 139 valence electrons. The Balaban J connectivity index is 1.66. The van der Waals surface area contributed by atoms with E-state index >= 15 is 0 Å².